The second-order valence-corrected chi connectivity index (χ2v) is 4.47. The summed E-state index contributed by atoms with van der Waals surface area (Å²) in [4.78, 5) is 4.46. The van der Waals surface area contributed by atoms with Crippen LogP contribution in [0, 0.1) is 12.8 Å². The maximum absolute atomic E-state index is 4.46. The molecule has 84 valence electrons. The van der Waals surface area contributed by atoms with Crippen molar-refractivity contribution in [1.29, 1.82) is 0 Å². The lowest BCUT2D eigenvalue weighted by atomic mass is 9.99. The van der Waals surface area contributed by atoms with Crippen molar-refractivity contribution in [3.63, 3.8) is 0 Å². The molecular weight excluding hydrogens is 188 g/mol. The van der Waals surface area contributed by atoms with Crippen LogP contribution in [0.5, 0.6) is 0 Å². The number of aromatic nitrogens is 3. The van der Waals surface area contributed by atoms with Crippen LogP contribution in [0.15, 0.2) is 0 Å². The average molecular weight is 208 g/mol. The molecule has 1 N–H and O–H groups in total. The van der Waals surface area contributed by atoms with E-state index >= 15 is 0 Å². The van der Waals surface area contributed by atoms with Crippen LogP contribution in [-0.2, 0) is 13.5 Å². The van der Waals surface area contributed by atoms with Gasteiger partial charge in [0, 0.05) is 13.5 Å². The largest absolute Gasteiger partial charge is 0.316 e. The van der Waals surface area contributed by atoms with E-state index in [9.17, 15) is 0 Å². The molecule has 15 heavy (non-hydrogen) atoms. The van der Waals surface area contributed by atoms with Crippen molar-refractivity contribution in [2.75, 3.05) is 13.1 Å². The number of hydrogen-bond donors (Lipinski definition) is 1. The fourth-order valence-electron chi connectivity index (χ4n) is 2.26. The molecule has 2 rings (SSSR count). The Balaban J connectivity index is 1.97. The first kappa shape index (κ1) is 10.6. The minimum atomic E-state index is 0.731. The van der Waals surface area contributed by atoms with Gasteiger partial charge < -0.3 is 5.32 Å². The highest BCUT2D eigenvalue weighted by atomic mass is 15.3. The van der Waals surface area contributed by atoms with E-state index in [0.29, 0.717) is 0 Å². The zero-order valence-electron chi connectivity index (χ0n) is 9.66. The Kier molecular flexibility index (Phi) is 3.36. The maximum Gasteiger partial charge on any atom is 0.147 e. The van der Waals surface area contributed by atoms with Gasteiger partial charge in [-0.2, -0.15) is 5.10 Å². The van der Waals surface area contributed by atoms with E-state index in [1.165, 1.54) is 25.8 Å². The molecule has 0 spiro atoms. The molecule has 0 radical (unpaired) electrons. The van der Waals surface area contributed by atoms with Gasteiger partial charge in [-0.3, -0.25) is 4.68 Å². The smallest absolute Gasteiger partial charge is 0.147 e. The van der Waals surface area contributed by atoms with Crippen molar-refractivity contribution in [2.45, 2.75) is 32.6 Å². The van der Waals surface area contributed by atoms with E-state index in [2.05, 4.69) is 15.4 Å². The Morgan fingerprint density at radius 2 is 2.33 bits per heavy atom. The first-order valence-corrected chi connectivity index (χ1v) is 5.83. The van der Waals surface area contributed by atoms with Crippen LogP contribution in [0.1, 0.15) is 30.9 Å². The van der Waals surface area contributed by atoms with Gasteiger partial charge in [-0.05, 0) is 38.8 Å². The summed E-state index contributed by atoms with van der Waals surface area (Å²) in [5, 5.41) is 7.77. The molecule has 0 aromatic carbocycles. The second-order valence-electron chi connectivity index (χ2n) is 4.47. The SMILES string of the molecule is Cc1nc(CC2CCCCNC2)n(C)n1. The van der Waals surface area contributed by atoms with Gasteiger partial charge in [-0.15, -0.1) is 0 Å². The lowest BCUT2D eigenvalue weighted by Gasteiger charge is -2.12. The minimum Gasteiger partial charge on any atom is -0.316 e. The molecule has 4 nitrogen and oxygen atoms in total. The Hall–Kier alpha value is -0.900. The molecule has 1 unspecified atom stereocenters. The molecule has 1 aromatic rings. The highest BCUT2D eigenvalue weighted by Crippen LogP contribution is 2.15. The maximum atomic E-state index is 4.46. The summed E-state index contributed by atoms with van der Waals surface area (Å²) in [5.41, 5.74) is 0. The quantitative estimate of drug-likeness (QED) is 0.790. The minimum absolute atomic E-state index is 0.731. The van der Waals surface area contributed by atoms with E-state index in [0.717, 1.165) is 30.5 Å². The third kappa shape index (κ3) is 2.78. The van der Waals surface area contributed by atoms with Crippen molar-refractivity contribution in [2.24, 2.45) is 13.0 Å². The molecule has 1 aliphatic rings. The van der Waals surface area contributed by atoms with Crippen LogP contribution in [0.2, 0.25) is 0 Å². The van der Waals surface area contributed by atoms with Crippen molar-refractivity contribution in [1.82, 2.24) is 20.1 Å². The third-order valence-corrected chi connectivity index (χ3v) is 3.08. The standard InChI is InChI=1S/C11H20N4/c1-9-13-11(15(2)14-9)7-10-5-3-4-6-12-8-10/h10,12H,3-8H2,1-2H3. The van der Waals surface area contributed by atoms with Crippen LogP contribution in [0.3, 0.4) is 0 Å². The van der Waals surface area contributed by atoms with Crippen molar-refractivity contribution in [3.8, 4) is 0 Å². The van der Waals surface area contributed by atoms with E-state index in [-0.39, 0.29) is 0 Å². The number of nitrogens with zero attached hydrogens (tertiary/aromatic N) is 3. The van der Waals surface area contributed by atoms with Crippen molar-refractivity contribution in [3.05, 3.63) is 11.6 Å². The summed E-state index contributed by atoms with van der Waals surface area (Å²) < 4.78 is 1.92. The van der Waals surface area contributed by atoms with Crippen molar-refractivity contribution >= 4 is 0 Å². The summed E-state index contributed by atoms with van der Waals surface area (Å²) in [6, 6.07) is 0. The number of aryl methyl sites for hydroxylation is 2. The number of rotatable bonds is 2. The molecule has 1 atom stereocenters. The van der Waals surface area contributed by atoms with Crippen LogP contribution >= 0.6 is 0 Å². The van der Waals surface area contributed by atoms with Crippen LogP contribution in [0.4, 0.5) is 0 Å². The Labute approximate surface area is 91.1 Å². The Morgan fingerprint density at radius 1 is 1.47 bits per heavy atom. The first-order valence-electron chi connectivity index (χ1n) is 5.83. The zero-order valence-corrected chi connectivity index (χ0v) is 9.66. The lowest BCUT2D eigenvalue weighted by molar-refractivity contribution is 0.457. The molecule has 1 aliphatic heterocycles. The highest BCUT2D eigenvalue weighted by Gasteiger charge is 2.15. The van der Waals surface area contributed by atoms with Gasteiger partial charge in [0.25, 0.3) is 0 Å². The molecule has 1 saturated heterocycles. The van der Waals surface area contributed by atoms with Gasteiger partial charge >= 0.3 is 0 Å². The monoisotopic (exact) mass is 208 g/mol. The molecule has 1 fully saturated rings. The molecular formula is C11H20N4. The van der Waals surface area contributed by atoms with E-state index in [1.54, 1.807) is 0 Å². The van der Waals surface area contributed by atoms with Gasteiger partial charge in [-0.25, -0.2) is 4.98 Å². The normalized spacial score (nSPS) is 22.7. The summed E-state index contributed by atoms with van der Waals surface area (Å²) in [5.74, 6) is 2.74. The fourth-order valence-corrected chi connectivity index (χ4v) is 2.26. The fraction of sp³-hybridized carbons (Fsp3) is 0.818. The molecule has 4 heteroatoms. The summed E-state index contributed by atoms with van der Waals surface area (Å²) in [7, 11) is 1.99. The second kappa shape index (κ2) is 4.75. The zero-order chi connectivity index (χ0) is 10.7. The van der Waals surface area contributed by atoms with E-state index < -0.39 is 0 Å². The Morgan fingerprint density at radius 3 is 3.07 bits per heavy atom. The summed E-state index contributed by atoms with van der Waals surface area (Å²) in [6.07, 6.45) is 5.03. The predicted molar refractivity (Wildman–Crippen MR) is 59.7 cm³/mol. The average Bonchev–Trinajstić information content (AvgIpc) is 2.44. The third-order valence-electron chi connectivity index (χ3n) is 3.08. The molecule has 0 saturated carbocycles. The number of nitrogens with one attached hydrogen (secondary N) is 1. The lowest BCUT2D eigenvalue weighted by Crippen LogP contribution is -2.23. The first-order chi connectivity index (χ1) is 7.25. The number of hydrogen-bond acceptors (Lipinski definition) is 3. The van der Waals surface area contributed by atoms with Crippen LogP contribution in [-0.4, -0.2) is 27.9 Å². The van der Waals surface area contributed by atoms with Gasteiger partial charge in [0.05, 0.1) is 0 Å². The van der Waals surface area contributed by atoms with Crippen molar-refractivity contribution < 1.29 is 0 Å². The van der Waals surface area contributed by atoms with Gasteiger partial charge in [0.1, 0.15) is 11.6 Å². The van der Waals surface area contributed by atoms with E-state index in [1.807, 2.05) is 18.7 Å². The topological polar surface area (TPSA) is 42.7 Å². The van der Waals surface area contributed by atoms with E-state index in [4.69, 9.17) is 0 Å². The molecule has 2 heterocycles. The molecule has 0 bridgehead atoms. The molecule has 0 amide bonds. The highest BCUT2D eigenvalue weighted by molar-refractivity contribution is 4.92. The van der Waals surface area contributed by atoms with Crippen LogP contribution in [0.25, 0.3) is 0 Å². The molecule has 0 aliphatic carbocycles. The van der Waals surface area contributed by atoms with Gasteiger partial charge in [-0.1, -0.05) is 6.42 Å². The summed E-state index contributed by atoms with van der Waals surface area (Å²) >= 11 is 0. The predicted octanol–water partition coefficient (Wildman–Crippen LogP) is 1.06. The van der Waals surface area contributed by atoms with Gasteiger partial charge in [0.15, 0.2) is 0 Å². The molecule has 1 aromatic heterocycles. The summed E-state index contributed by atoms with van der Waals surface area (Å²) in [6.45, 7) is 4.26. The Bertz CT molecular complexity index is 310. The van der Waals surface area contributed by atoms with Crippen LogP contribution < -0.4 is 5.32 Å². The van der Waals surface area contributed by atoms with Gasteiger partial charge in [0.2, 0.25) is 0 Å².